The number of nitrogens with zero attached hydrogens (tertiary/aromatic N) is 3. The summed E-state index contributed by atoms with van der Waals surface area (Å²) in [5.41, 5.74) is 6.52. The number of amides is 1. The number of para-hydroxylation sites is 1. The molecule has 4 aromatic rings. The van der Waals surface area contributed by atoms with Gasteiger partial charge in [-0.05, 0) is 29.2 Å². The lowest BCUT2D eigenvalue weighted by atomic mass is 9.99. The molecule has 0 N–H and O–H groups in total. The molecule has 0 saturated carbocycles. The molecule has 1 aliphatic heterocycles. The highest BCUT2D eigenvalue weighted by atomic mass is 32.2. The number of rotatable bonds is 6. The first-order valence-corrected chi connectivity index (χ1v) is 12.4. The van der Waals surface area contributed by atoms with Crippen LogP contribution >= 0.6 is 11.8 Å². The van der Waals surface area contributed by atoms with Gasteiger partial charge in [-0.15, -0.1) is 11.8 Å². The quantitative estimate of drug-likeness (QED) is 0.337. The fourth-order valence-corrected chi connectivity index (χ4v) is 5.38. The van der Waals surface area contributed by atoms with Crippen molar-refractivity contribution < 1.29 is 4.79 Å². The molecule has 166 valence electrons. The Hall–Kier alpha value is -3.31. The maximum absolute atomic E-state index is 12.9. The van der Waals surface area contributed by atoms with Gasteiger partial charge in [0.05, 0.1) is 17.1 Å². The topological polar surface area (TPSA) is 38.1 Å². The minimum Gasteiger partial charge on any atom is -0.321 e. The van der Waals surface area contributed by atoms with Crippen LogP contribution in [0.5, 0.6) is 0 Å². The number of hydrogen-bond acceptors (Lipinski definition) is 3. The third-order valence-corrected chi connectivity index (χ3v) is 7.28. The van der Waals surface area contributed by atoms with E-state index in [0.717, 1.165) is 28.1 Å². The minimum absolute atomic E-state index is 0.0741. The van der Waals surface area contributed by atoms with Crippen molar-refractivity contribution in [2.24, 2.45) is 0 Å². The Morgan fingerprint density at radius 3 is 2.27 bits per heavy atom. The van der Waals surface area contributed by atoms with Gasteiger partial charge in [-0.1, -0.05) is 86.6 Å². The second-order valence-corrected chi connectivity index (χ2v) is 9.73. The molecule has 1 aliphatic rings. The fraction of sp³-hybridized carbons (Fsp3) is 0.214. The average Bonchev–Trinajstić information content (AvgIpc) is 3.44. The van der Waals surface area contributed by atoms with Gasteiger partial charge in [0, 0.05) is 23.9 Å². The van der Waals surface area contributed by atoms with E-state index in [0.29, 0.717) is 18.2 Å². The van der Waals surface area contributed by atoms with Crippen LogP contribution in [-0.2, 0) is 11.3 Å². The highest BCUT2D eigenvalue weighted by Crippen LogP contribution is 2.43. The van der Waals surface area contributed by atoms with Crippen LogP contribution in [-0.4, -0.2) is 26.3 Å². The van der Waals surface area contributed by atoms with Gasteiger partial charge in [-0.25, -0.2) is 4.68 Å². The van der Waals surface area contributed by atoms with Gasteiger partial charge in [0.2, 0.25) is 5.91 Å². The molecule has 1 amide bonds. The predicted octanol–water partition coefficient (Wildman–Crippen LogP) is 6.44. The summed E-state index contributed by atoms with van der Waals surface area (Å²) in [7, 11) is 0. The Kier molecular flexibility index (Phi) is 6.05. The number of benzene rings is 3. The van der Waals surface area contributed by atoms with E-state index in [-0.39, 0.29) is 11.3 Å². The van der Waals surface area contributed by atoms with Gasteiger partial charge in [0.15, 0.2) is 0 Å². The van der Waals surface area contributed by atoms with Gasteiger partial charge in [0.1, 0.15) is 5.37 Å². The van der Waals surface area contributed by atoms with Crippen LogP contribution in [0.2, 0.25) is 0 Å². The molecule has 5 rings (SSSR count). The molecule has 1 aromatic heterocycles. The zero-order valence-electron chi connectivity index (χ0n) is 18.9. The lowest BCUT2D eigenvalue weighted by molar-refractivity contribution is -0.128. The lowest BCUT2D eigenvalue weighted by Gasteiger charge is -2.24. The summed E-state index contributed by atoms with van der Waals surface area (Å²) in [4.78, 5) is 14.9. The molecule has 1 fully saturated rings. The highest BCUT2D eigenvalue weighted by molar-refractivity contribution is 8.00. The van der Waals surface area contributed by atoms with Crippen molar-refractivity contribution in [1.82, 2.24) is 14.7 Å². The first kappa shape index (κ1) is 21.5. The smallest absolute Gasteiger partial charge is 0.234 e. The van der Waals surface area contributed by atoms with E-state index >= 15 is 0 Å². The summed E-state index contributed by atoms with van der Waals surface area (Å²) in [6.07, 6.45) is 2.09. The monoisotopic (exact) mass is 453 g/mol. The second kappa shape index (κ2) is 9.28. The van der Waals surface area contributed by atoms with Crippen LogP contribution < -0.4 is 0 Å². The van der Waals surface area contributed by atoms with Crippen molar-refractivity contribution in [3.63, 3.8) is 0 Å². The molecular weight excluding hydrogens is 426 g/mol. The zero-order valence-corrected chi connectivity index (χ0v) is 19.7. The summed E-state index contributed by atoms with van der Waals surface area (Å²) in [5, 5.41) is 4.93. The Morgan fingerprint density at radius 2 is 1.61 bits per heavy atom. The summed E-state index contributed by atoms with van der Waals surface area (Å²) in [6.45, 7) is 5.00. The summed E-state index contributed by atoms with van der Waals surface area (Å²) in [6, 6.07) is 29.0. The van der Waals surface area contributed by atoms with Crippen LogP contribution in [0.3, 0.4) is 0 Å². The van der Waals surface area contributed by atoms with Crippen molar-refractivity contribution >= 4 is 17.7 Å². The summed E-state index contributed by atoms with van der Waals surface area (Å²) in [5.74, 6) is 1.13. The molecule has 1 atom stereocenters. The van der Waals surface area contributed by atoms with E-state index < -0.39 is 0 Å². The summed E-state index contributed by atoms with van der Waals surface area (Å²) >= 11 is 1.68. The van der Waals surface area contributed by atoms with Crippen LogP contribution in [0, 0.1) is 0 Å². The SMILES string of the molecule is CC(C)c1ccc(-c2nn(-c3ccccc3)cc2[C@@H]2SCC(=O)N2Cc2ccccc2)cc1. The van der Waals surface area contributed by atoms with Crippen molar-refractivity contribution in [1.29, 1.82) is 0 Å². The molecule has 1 saturated heterocycles. The number of carbonyl (C=O) groups excluding carboxylic acids is 1. The molecule has 5 heteroatoms. The molecule has 33 heavy (non-hydrogen) atoms. The molecular formula is C28H27N3OS. The molecule has 0 bridgehead atoms. The minimum atomic E-state index is -0.0741. The second-order valence-electron chi connectivity index (χ2n) is 8.66. The molecule has 4 nitrogen and oxygen atoms in total. The number of aromatic nitrogens is 2. The number of thioether (sulfide) groups is 1. The number of hydrogen-bond donors (Lipinski definition) is 0. The Balaban J connectivity index is 1.57. The van der Waals surface area contributed by atoms with Crippen LogP contribution in [0.1, 0.15) is 41.8 Å². The van der Waals surface area contributed by atoms with E-state index in [4.69, 9.17) is 5.10 Å². The van der Waals surface area contributed by atoms with Crippen molar-refractivity contribution in [3.05, 3.63) is 108 Å². The van der Waals surface area contributed by atoms with Gasteiger partial charge >= 0.3 is 0 Å². The summed E-state index contributed by atoms with van der Waals surface area (Å²) < 4.78 is 1.94. The van der Waals surface area contributed by atoms with Crippen molar-refractivity contribution in [2.75, 3.05) is 5.75 Å². The van der Waals surface area contributed by atoms with E-state index in [2.05, 4.69) is 68.6 Å². The van der Waals surface area contributed by atoms with E-state index in [1.54, 1.807) is 11.8 Å². The molecule has 3 aromatic carbocycles. The van der Waals surface area contributed by atoms with E-state index in [1.807, 2.05) is 46.0 Å². The van der Waals surface area contributed by atoms with Crippen LogP contribution in [0.15, 0.2) is 91.1 Å². The maximum atomic E-state index is 12.9. The van der Waals surface area contributed by atoms with E-state index in [1.165, 1.54) is 5.56 Å². The molecule has 0 spiro atoms. The molecule has 0 radical (unpaired) electrons. The standard InChI is InChI=1S/C28H27N3OS/c1-20(2)22-13-15-23(16-14-22)27-25(18-31(29-27)24-11-7-4-8-12-24)28-30(26(32)19-33-28)17-21-9-5-3-6-10-21/h3-16,18,20,28H,17,19H2,1-2H3/t28-/m0/s1. The first-order valence-electron chi connectivity index (χ1n) is 11.3. The number of carbonyl (C=O) groups is 1. The van der Waals surface area contributed by atoms with Gasteiger partial charge in [-0.3, -0.25) is 4.79 Å². The molecule has 2 heterocycles. The third kappa shape index (κ3) is 4.46. The molecule has 0 aliphatic carbocycles. The van der Waals surface area contributed by atoms with Gasteiger partial charge < -0.3 is 4.90 Å². The predicted molar refractivity (Wildman–Crippen MR) is 135 cm³/mol. The average molecular weight is 454 g/mol. The highest BCUT2D eigenvalue weighted by Gasteiger charge is 2.35. The van der Waals surface area contributed by atoms with Gasteiger partial charge in [-0.2, -0.15) is 5.10 Å². The van der Waals surface area contributed by atoms with Crippen LogP contribution in [0.4, 0.5) is 0 Å². The van der Waals surface area contributed by atoms with Gasteiger partial charge in [0.25, 0.3) is 0 Å². The maximum Gasteiger partial charge on any atom is 0.234 e. The third-order valence-electron chi connectivity index (χ3n) is 6.04. The largest absolute Gasteiger partial charge is 0.321 e. The fourth-order valence-electron chi connectivity index (χ4n) is 4.19. The Bertz CT molecular complexity index is 1230. The van der Waals surface area contributed by atoms with Crippen LogP contribution in [0.25, 0.3) is 16.9 Å². The zero-order chi connectivity index (χ0) is 22.8. The Labute approximate surface area is 199 Å². The molecule has 0 unspecified atom stereocenters. The Morgan fingerprint density at radius 1 is 0.939 bits per heavy atom. The van der Waals surface area contributed by atoms with E-state index in [9.17, 15) is 4.79 Å². The van der Waals surface area contributed by atoms with Crippen molar-refractivity contribution in [3.8, 4) is 16.9 Å². The lowest BCUT2D eigenvalue weighted by Crippen LogP contribution is -2.27. The van der Waals surface area contributed by atoms with Crippen molar-refractivity contribution in [2.45, 2.75) is 31.7 Å². The first-order chi connectivity index (χ1) is 16.1. The normalized spacial score (nSPS) is 16.0.